The largest absolute Gasteiger partial charge is 0.320 e. The summed E-state index contributed by atoms with van der Waals surface area (Å²) in [4.78, 5) is 12.5. The van der Waals surface area contributed by atoms with Crippen LogP contribution in [0.4, 0.5) is 10.1 Å². The predicted molar refractivity (Wildman–Crippen MR) is 75.8 cm³/mol. The second-order valence-corrected chi connectivity index (χ2v) is 6.17. The number of nitriles is 1. The summed E-state index contributed by atoms with van der Waals surface area (Å²) in [6, 6.07) is 7.59. The molecule has 96 valence electrons. The molecule has 6 heteroatoms. The molecule has 0 radical (unpaired) electrons. The van der Waals surface area contributed by atoms with Gasteiger partial charge < -0.3 is 5.32 Å². The molecule has 0 saturated carbocycles. The van der Waals surface area contributed by atoms with Crippen LogP contribution in [-0.4, -0.2) is 5.91 Å². The van der Waals surface area contributed by atoms with E-state index in [1.807, 2.05) is 6.92 Å². The summed E-state index contributed by atoms with van der Waals surface area (Å²) in [5.41, 5.74) is 0.966. The van der Waals surface area contributed by atoms with Gasteiger partial charge in [0.25, 0.3) is 5.91 Å². The Kier molecular flexibility index (Phi) is 3.98. The highest BCUT2D eigenvalue weighted by Crippen LogP contribution is 2.28. The van der Waals surface area contributed by atoms with Gasteiger partial charge >= 0.3 is 0 Å². The maximum atomic E-state index is 13.4. The summed E-state index contributed by atoms with van der Waals surface area (Å²) in [6.07, 6.45) is 0. The summed E-state index contributed by atoms with van der Waals surface area (Å²) in [5.74, 6) is -1.01. The summed E-state index contributed by atoms with van der Waals surface area (Å²) >= 11 is 4.62. The molecule has 0 aliphatic carbocycles. The number of halogens is 2. The van der Waals surface area contributed by atoms with Crippen molar-refractivity contribution < 1.29 is 9.18 Å². The maximum Gasteiger partial charge on any atom is 0.265 e. The Morgan fingerprint density at radius 1 is 1.53 bits per heavy atom. The molecule has 0 aliphatic heterocycles. The number of carbonyl (C=O) groups is 1. The van der Waals surface area contributed by atoms with E-state index in [-0.39, 0.29) is 17.2 Å². The Balaban J connectivity index is 2.30. The summed E-state index contributed by atoms with van der Waals surface area (Å²) in [5, 5.41) is 11.4. The molecule has 1 aromatic carbocycles. The highest BCUT2D eigenvalue weighted by Gasteiger charge is 2.14. The minimum absolute atomic E-state index is 0.164. The standard InChI is InChI=1S/C13H8BrFN2OS/c1-7-5-11(19-12(7)14)13(18)17-10-4-2-3-9(15)8(10)6-16/h2-5H,1H3,(H,17,18). The van der Waals surface area contributed by atoms with Crippen molar-refractivity contribution in [2.75, 3.05) is 5.32 Å². The van der Waals surface area contributed by atoms with Crippen molar-refractivity contribution in [2.45, 2.75) is 6.92 Å². The van der Waals surface area contributed by atoms with Crippen LogP contribution in [0, 0.1) is 24.1 Å². The number of hydrogen-bond acceptors (Lipinski definition) is 3. The first kappa shape index (κ1) is 13.7. The van der Waals surface area contributed by atoms with Gasteiger partial charge in [-0.2, -0.15) is 5.26 Å². The van der Waals surface area contributed by atoms with Crippen molar-refractivity contribution >= 4 is 38.9 Å². The fraction of sp³-hybridized carbons (Fsp3) is 0.0769. The minimum Gasteiger partial charge on any atom is -0.320 e. The fourth-order valence-electron chi connectivity index (χ4n) is 1.50. The van der Waals surface area contributed by atoms with Crippen LogP contribution in [0.3, 0.4) is 0 Å². The molecular weight excluding hydrogens is 331 g/mol. The SMILES string of the molecule is Cc1cc(C(=O)Nc2cccc(F)c2C#N)sc1Br. The summed E-state index contributed by atoms with van der Waals surface area (Å²) in [7, 11) is 0. The zero-order valence-corrected chi connectivity index (χ0v) is 12.2. The number of nitrogens with one attached hydrogen (secondary N) is 1. The van der Waals surface area contributed by atoms with E-state index < -0.39 is 5.82 Å². The van der Waals surface area contributed by atoms with Crippen molar-refractivity contribution in [1.29, 1.82) is 5.26 Å². The lowest BCUT2D eigenvalue weighted by Crippen LogP contribution is -2.11. The van der Waals surface area contributed by atoms with Crippen LogP contribution in [0.1, 0.15) is 20.8 Å². The lowest BCUT2D eigenvalue weighted by Gasteiger charge is -2.05. The number of anilines is 1. The van der Waals surface area contributed by atoms with E-state index in [4.69, 9.17) is 5.26 Å². The lowest BCUT2D eigenvalue weighted by atomic mass is 10.2. The Hall–Kier alpha value is -1.71. The first-order valence-corrected chi connectivity index (χ1v) is 6.89. The fourth-order valence-corrected chi connectivity index (χ4v) is 2.93. The van der Waals surface area contributed by atoms with E-state index in [0.29, 0.717) is 4.88 Å². The topological polar surface area (TPSA) is 52.9 Å². The number of nitrogens with zero attached hydrogens (tertiary/aromatic N) is 1. The Bertz CT molecular complexity index is 671. The zero-order valence-electron chi connectivity index (χ0n) is 9.83. The van der Waals surface area contributed by atoms with Gasteiger partial charge in [-0.1, -0.05) is 6.07 Å². The molecule has 0 fully saturated rings. The van der Waals surface area contributed by atoms with Gasteiger partial charge in [0.2, 0.25) is 0 Å². The van der Waals surface area contributed by atoms with E-state index >= 15 is 0 Å². The van der Waals surface area contributed by atoms with Gasteiger partial charge in [0.1, 0.15) is 17.4 Å². The predicted octanol–water partition coefficient (Wildman–Crippen LogP) is 4.08. The third kappa shape index (κ3) is 2.83. The van der Waals surface area contributed by atoms with Crippen LogP contribution in [0.5, 0.6) is 0 Å². The average Bonchev–Trinajstić information content (AvgIpc) is 2.70. The molecule has 1 amide bonds. The molecule has 3 nitrogen and oxygen atoms in total. The molecule has 0 unspecified atom stereocenters. The zero-order chi connectivity index (χ0) is 14.0. The number of amides is 1. The molecule has 1 N–H and O–H groups in total. The Labute approximate surface area is 121 Å². The average molecular weight is 339 g/mol. The van der Waals surface area contributed by atoms with Gasteiger partial charge in [-0.05, 0) is 46.6 Å². The van der Waals surface area contributed by atoms with E-state index in [1.165, 1.54) is 29.5 Å². The van der Waals surface area contributed by atoms with Crippen LogP contribution >= 0.6 is 27.3 Å². The van der Waals surface area contributed by atoms with Crippen LogP contribution < -0.4 is 5.32 Å². The van der Waals surface area contributed by atoms with Gasteiger partial charge in [0.05, 0.1) is 14.4 Å². The normalized spacial score (nSPS) is 10.0. The van der Waals surface area contributed by atoms with Crippen LogP contribution in [0.25, 0.3) is 0 Å². The van der Waals surface area contributed by atoms with Gasteiger partial charge in [0.15, 0.2) is 0 Å². The molecule has 0 atom stereocenters. The van der Waals surface area contributed by atoms with E-state index in [0.717, 1.165) is 9.35 Å². The van der Waals surface area contributed by atoms with Gasteiger partial charge in [0, 0.05) is 0 Å². The molecule has 0 aliphatic rings. The number of hydrogen-bond donors (Lipinski definition) is 1. The monoisotopic (exact) mass is 338 g/mol. The van der Waals surface area contributed by atoms with E-state index in [1.54, 1.807) is 12.1 Å². The molecule has 1 aromatic heterocycles. The molecule has 0 bridgehead atoms. The van der Waals surface area contributed by atoms with Crippen molar-refractivity contribution in [3.05, 3.63) is 49.9 Å². The van der Waals surface area contributed by atoms with Gasteiger partial charge in [-0.15, -0.1) is 11.3 Å². The first-order valence-electron chi connectivity index (χ1n) is 5.29. The van der Waals surface area contributed by atoms with E-state index in [9.17, 15) is 9.18 Å². The second-order valence-electron chi connectivity index (χ2n) is 3.80. The van der Waals surface area contributed by atoms with Gasteiger partial charge in [-0.3, -0.25) is 4.79 Å². The number of thiophene rings is 1. The molecule has 1 heterocycles. The molecule has 0 saturated heterocycles. The molecular formula is C13H8BrFN2OS. The molecule has 0 spiro atoms. The van der Waals surface area contributed by atoms with Crippen molar-refractivity contribution in [3.8, 4) is 6.07 Å². The van der Waals surface area contributed by atoms with Crippen molar-refractivity contribution in [3.63, 3.8) is 0 Å². The smallest absolute Gasteiger partial charge is 0.265 e. The third-order valence-corrected chi connectivity index (χ3v) is 4.59. The van der Waals surface area contributed by atoms with Crippen molar-refractivity contribution in [1.82, 2.24) is 0 Å². The molecule has 19 heavy (non-hydrogen) atoms. The number of rotatable bonds is 2. The van der Waals surface area contributed by atoms with Gasteiger partial charge in [-0.25, -0.2) is 4.39 Å². The summed E-state index contributed by atoms with van der Waals surface area (Å²) < 4.78 is 14.3. The quantitative estimate of drug-likeness (QED) is 0.896. The Morgan fingerprint density at radius 3 is 2.84 bits per heavy atom. The second kappa shape index (κ2) is 5.51. The number of carbonyl (C=O) groups excluding carboxylic acids is 1. The Morgan fingerprint density at radius 2 is 2.26 bits per heavy atom. The van der Waals surface area contributed by atoms with E-state index in [2.05, 4.69) is 21.2 Å². The maximum absolute atomic E-state index is 13.4. The highest BCUT2D eigenvalue weighted by atomic mass is 79.9. The molecule has 2 rings (SSSR count). The minimum atomic E-state index is -0.649. The number of benzene rings is 1. The van der Waals surface area contributed by atoms with Crippen LogP contribution in [0.15, 0.2) is 28.1 Å². The highest BCUT2D eigenvalue weighted by molar-refractivity contribution is 9.11. The number of aryl methyl sites for hydroxylation is 1. The van der Waals surface area contributed by atoms with Crippen molar-refractivity contribution in [2.24, 2.45) is 0 Å². The summed E-state index contributed by atoms with van der Waals surface area (Å²) in [6.45, 7) is 1.88. The molecule has 2 aromatic rings. The lowest BCUT2D eigenvalue weighted by molar-refractivity contribution is 0.103. The third-order valence-electron chi connectivity index (χ3n) is 2.45. The van der Waals surface area contributed by atoms with Crippen LogP contribution in [0.2, 0.25) is 0 Å². The van der Waals surface area contributed by atoms with Crippen LogP contribution in [-0.2, 0) is 0 Å². The first-order chi connectivity index (χ1) is 9.02.